The fraction of sp³-hybridized carbons (Fsp3) is 0.143. The summed E-state index contributed by atoms with van der Waals surface area (Å²) in [5.41, 5.74) is 4.87. The first-order chi connectivity index (χ1) is 11.9. The molecular formula is C21H20N2O. The van der Waals surface area contributed by atoms with E-state index in [4.69, 9.17) is 0 Å². The normalized spacial score (nSPS) is 11.4. The van der Waals surface area contributed by atoms with E-state index in [0.717, 1.165) is 30.4 Å². The molecule has 0 aliphatic heterocycles. The maximum Gasteiger partial charge on any atom is 0.118 e. The quantitative estimate of drug-likeness (QED) is 0.414. The number of benzene rings is 2. The number of nitrogens with zero attached hydrogens (tertiary/aromatic N) is 2. The lowest BCUT2D eigenvalue weighted by Crippen LogP contribution is -2.08. The van der Waals surface area contributed by atoms with Gasteiger partial charge < -0.3 is 5.21 Å². The van der Waals surface area contributed by atoms with Gasteiger partial charge in [0.15, 0.2) is 0 Å². The minimum absolute atomic E-state index is 0.568. The van der Waals surface area contributed by atoms with E-state index >= 15 is 0 Å². The molecule has 1 N–H and O–H groups in total. The summed E-state index contributed by atoms with van der Waals surface area (Å²) in [6.07, 6.45) is 6.45. The lowest BCUT2D eigenvalue weighted by molar-refractivity contribution is 0.319. The molecule has 0 amide bonds. The largest absolute Gasteiger partial charge is 0.410 e. The average molecular weight is 316 g/mol. The van der Waals surface area contributed by atoms with Crippen molar-refractivity contribution in [1.82, 2.24) is 4.98 Å². The minimum Gasteiger partial charge on any atom is -0.410 e. The number of hydrogen-bond acceptors (Lipinski definition) is 3. The minimum atomic E-state index is 0.568. The summed E-state index contributed by atoms with van der Waals surface area (Å²) in [5.74, 6) is 0. The highest BCUT2D eigenvalue weighted by molar-refractivity contribution is 6.13. The Hall–Kier alpha value is -2.94. The highest BCUT2D eigenvalue weighted by Crippen LogP contribution is 2.17. The Morgan fingerprint density at radius 3 is 2.42 bits per heavy atom. The molecule has 0 saturated heterocycles. The fourth-order valence-electron chi connectivity index (χ4n) is 2.87. The predicted octanol–water partition coefficient (Wildman–Crippen LogP) is 4.48. The van der Waals surface area contributed by atoms with Crippen LogP contribution >= 0.6 is 0 Å². The molecule has 120 valence electrons. The van der Waals surface area contributed by atoms with Gasteiger partial charge in [0.05, 0.1) is 0 Å². The van der Waals surface area contributed by atoms with Crippen molar-refractivity contribution in [2.75, 3.05) is 0 Å². The third-order valence-corrected chi connectivity index (χ3v) is 4.06. The van der Waals surface area contributed by atoms with Crippen molar-refractivity contribution < 1.29 is 5.21 Å². The highest BCUT2D eigenvalue weighted by Gasteiger charge is 2.12. The second-order valence-electron chi connectivity index (χ2n) is 5.69. The zero-order valence-corrected chi connectivity index (χ0v) is 13.5. The first-order valence-corrected chi connectivity index (χ1v) is 8.13. The second-order valence-corrected chi connectivity index (χ2v) is 5.69. The summed E-state index contributed by atoms with van der Waals surface area (Å²) < 4.78 is 0. The van der Waals surface area contributed by atoms with Crippen molar-refractivity contribution in [3.05, 3.63) is 101 Å². The van der Waals surface area contributed by atoms with Crippen molar-refractivity contribution in [1.29, 1.82) is 0 Å². The van der Waals surface area contributed by atoms with Crippen molar-refractivity contribution >= 4 is 5.71 Å². The SMILES string of the molecule is ON=C(c1cccnc1)c1ccccc1CCCc1ccccc1. The Morgan fingerprint density at radius 1 is 0.875 bits per heavy atom. The lowest BCUT2D eigenvalue weighted by Gasteiger charge is -2.11. The summed E-state index contributed by atoms with van der Waals surface area (Å²) in [5, 5.41) is 13.1. The number of rotatable bonds is 6. The van der Waals surface area contributed by atoms with Gasteiger partial charge in [0.25, 0.3) is 0 Å². The topological polar surface area (TPSA) is 45.5 Å². The van der Waals surface area contributed by atoms with Crippen molar-refractivity contribution in [3.8, 4) is 0 Å². The molecule has 0 fully saturated rings. The van der Waals surface area contributed by atoms with Crippen LogP contribution in [0.3, 0.4) is 0 Å². The Balaban J connectivity index is 1.78. The zero-order chi connectivity index (χ0) is 16.6. The number of pyridine rings is 1. The van der Waals surface area contributed by atoms with Crippen LogP contribution in [0.4, 0.5) is 0 Å². The third kappa shape index (κ3) is 3.87. The molecule has 1 aromatic heterocycles. The Kier molecular flexibility index (Phi) is 5.36. The predicted molar refractivity (Wildman–Crippen MR) is 96.6 cm³/mol. The van der Waals surface area contributed by atoms with Crippen LogP contribution in [0.5, 0.6) is 0 Å². The lowest BCUT2D eigenvalue weighted by atomic mass is 9.94. The van der Waals surface area contributed by atoms with E-state index in [-0.39, 0.29) is 0 Å². The van der Waals surface area contributed by atoms with Crippen LogP contribution in [0.25, 0.3) is 0 Å². The molecule has 0 saturated carbocycles. The van der Waals surface area contributed by atoms with E-state index in [1.807, 2.05) is 36.4 Å². The summed E-state index contributed by atoms with van der Waals surface area (Å²) in [6, 6.07) is 22.3. The molecular weight excluding hydrogens is 296 g/mol. The van der Waals surface area contributed by atoms with Crippen LogP contribution in [0.2, 0.25) is 0 Å². The highest BCUT2D eigenvalue weighted by atomic mass is 16.4. The van der Waals surface area contributed by atoms with Crippen LogP contribution < -0.4 is 0 Å². The molecule has 3 nitrogen and oxygen atoms in total. The van der Waals surface area contributed by atoms with Crippen molar-refractivity contribution in [2.45, 2.75) is 19.3 Å². The maximum atomic E-state index is 9.52. The Morgan fingerprint density at radius 2 is 1.67 bits per heavy atom. The van der Waals surface area contributed by atoms with E-state index in [2.05, 4.69) is 40.5 Å². The average Bonchev–Trinajstić information content (AvgIpc) is 2.65. The Labute approximate surface area is 142 Å². The number of aromatic nitrogens is 1. The van der Waals surface area contributed by atoms with Crippen molar-refractivity contribution in [3.63, 3.8) is 0 Å². The van der Waals surface area contributed by atoms with Crippen LogP contribution in [-0.2, 0) is 12.8 Å². The molecule has 0 atom stereocenters. The molecule has 3 heteroatoms. The fourth-order valence-corrected chi connectivity index (χ4v) is 2.87. The molecule has 24 heavy (non-hydrogen) atoms. The molecule has 1 heterocycles. The first kappa shape index (κ1) is 15.9. The van der Waals surface area contributed by atoms with Crippen LogP contribution in [0, 0.1) is 0 Å². The van der Waals surface area contributed by atoms with Crippen LogP contribution in [0.15, 0.2) is 84.3 Å². The van der Waals surface area contributed by atoms with Crippen molar-refractivity contribution in [2.24, 2.45) is 5.16 Å². The molecule has 0 aliphatic rings. The van der Waals surface area contributed by atoms with E-state index < -0.39 is 0 Å². The van der Waals surface area contributed by atoms with E-state index in [0.29, 0.717) is 5.71 Å². The molecule has 3 rings (SSSR count). The van der Waals surface area contributed by atoms with Crippen LogP contribution in [-0.4, -0.2) is 15.9 Å². The molecule has 2 aromatic carbocycles. The van der Waals surface area contributed by atoms with Crippen LogP contribution in [0.1, 0.15) is 28.7 Å². The summed E-state index contributed by atoms with van der Waals surface area (Å²) in [4.78, 5) is 4.12. The smallest absolute Gasteiger partial charge is 0.118 e. The van der Waals surface area contributed by atoms with Gasteiger partial charge in [-0.3, -0.25) is 4.98 Å². The molecule has 0 unspecified atom stereocenters. The van der Waals surface area contributed by atoms with Gasteiger partial charge in [-0.1, -0.05) is 59.8 Å². The van der Waals surface area contributed by atoms with Gasteiger partial charge >= 0.3 is 0 Å². The molecule has 3 aromatic rings. The molecule has 0 aliphatic carbocycles. The Bertz CT molecular complexity index is 798. The van der Waals surface area contributed by atoms with Gasteiger partial charge in [-0.05, 0) is 42.5 Å². The molecule has 0 radical (unpaired) electrons. The second kappa shape index (κ2) is 8.06. The van der Waals surface area contributed by atoms with E-state index in [1.54, 1.807) is 12.4 Å². The maximum absolute atomic E-state index is 9.52. The summed E-state index contributed by atoms with van der Waals surface area (Å²) in [7, 11) is 0. The molecule has 0 bridgehead atoms. The number of hydrogen-bond donors (Lipinski definition) is 1. The van der Waals surface area contributed by atoms with Gasteiger partial charge in [-0.25, -0.2) is 0 Å². The molecule has 0 spiro atoms. The van der Waals surface area contributed by atoms with Gasteiger partial charge in [0.1, 0.15) is 5.71 Å². The van der Waals surface area contributed by atoms with Gasteiger partial charge in [0.2, 0.25) is 0 Å². The van der Waals surface area contributed by atoms with Gasteiger partial charge in [-0.15, -0.1) is 0 Å². The van der Waals surface area contributed by atoms with E-state index in [9.17, 15) is 5.21 Å². The first-order valence-electron chi connectivity index (χ1n) is 8.13. The van der Waals surface area contributed by atoms with Gasteiger partial charge in [0, 0.05) is 23.5 Å². The monoisotopic (exact) mass is 316 g/mol. The van der Waals surface area contributed by atoms with E-state index in [1.165, 1.54) is 11.1 Å². The number of aryl methyl sites for hydroxylation is 2. The summed E-state index contributed by atoms with van der Waals surface area (Å²) >= 11 is 0. The summed E-state index contributed by atoms with van der Waals surface area (Å²) in [6.45, 7) is 0. The van der Waals surface area contributed by atoms with Gasteiger partial charge in [-0.2, -0.15) is 0 Å². The zero-order valence-electron chi connectivity index (χ0n) is 13.5. The third-order valence-electron chi connectivity index (χ3n) is 4.06. The standard InChI is InChI=1S/C21H20N2O/c24-23-21(19-13-7-15-22-16-19)20-14-5-4-11-18(20)12-6-10-17-8-2-1-3-9-17/h1-5,7-9,11,13-16,24H,6,10,12H2. The number of oxime groups is 1.